The molecule has 140 valence electrons. The zero-order valence-electron chi connectivity index (χ0n) is 14.8. The van der Waals surface area contributed by atoms with E-state index in [1.165, 1.54) is 5.56 Å². The number of para-hydroxylation sites is 1. The molecule has 7 heteroatoms. The van der Waals surface area contributed by atoms with Gasteiger partial charge in [-0.2, -0.15) is 0 Å². The van der Waals surface area contributed by atoms with Crippen molar-refractivity contribution in [2.45, 2.75) is 19.8 Å². The molecule has 0 aliphatic heterocycles. The minimum atomic E-state index is -0.493. The van der Waals surface area contributed by atoms with Gasteiger partial charge < -0.3 is 9.15 Å². The van der Waals surface area contributed by atoms with E-state index >= 15 is 0 Å². The number of benzene rings is 2. The van der Waals surface area contributed by atoms with Crippen molar-refractivity contribution in [3.63, 3.8) is 0 Å². The van der Waals surface area contributed by atoms with E-state index in [9.17, 15) is 9.59 Å². The van der Waals surface area contributed by atoms with Crippen LogP contribution in [0.4, 0.5) is 0 Å². The molecule has 6 nitrogen and oxygen atoms in total. The Balaban J connectivity index is 1.49. The van der Waals surface area contributed by atoms with Crippen LogP contribution in [0, 0.1) is 0 Å². The van der Waals surface area contributed by atoms with E-state index in [1.54, 1.807) is 30.5 Å². The van der Waals surface area contributed by atoms with Gasteiger partial charge in [0.15, 0.2) is 6.61 Å². The third-order valence-electron chi connectivity index (χ3n) is 4.02. The average Bonchev–Trinajstić information content (AvgIpc) is 3.07. The van der Waals surface area contributed by atoms with E-state index in [2.05, 4.69) is 17.8 Å². The first-order chi connectivity index (χ1) is 13.1. The summed E-state index contributed by atoms with van der Waals surface area (Å²) in [4.78, 5) is 23.9. The summed E-state index contributed by atoms with van der Waals surface area (Å²) in [6, 6.07) is 12.7. The van der Waals surface area contributed by atoms with Gasteiger partial charge in [-0.05, 0) is 30.2 Å². The van der Waals surface area contributed by atoms with Gasteiger partial charge >= 0.3 is 0 Å². The second-order valence-electron chi connectivity index (χ2n) is 5.94. The topological polar surface area (TPSA) is 80.6 Å². The number of amides is 2. The van der Waals surface area contributed by atoms with Crippen LogP contribution in [0.3, 0.4) is 0 Å². The number of hydrogen-bond acceptors (Lipinski definition) is 4. The van der Waals surface area contributed by atoms with E-state index in [1.807, 2.05) is 18.2 Å². The highest BCUT2D eigenvalue weighted by atomic mass is 35.5. The Morgan fingerprint density at radius 3 is 2.67 bits per heavy atom. The van der Waals surface area contributed by atoms with Crippen LogP contribution in [-0.4, -0.2) is 18.4 Å². The first-order valence-electron chi connectivity index (χ1n) is 8.51. The van der Waals surface area contributed by atoms with Crippen molar-refractivity contribution in [1.82, 2.24) is 10.9 Å². The molecule has 0 radical (unpaired) electrons. The summed E-state index contributed by atoms with van der Waals surface area (Å²) in [5, 5.41) is 1.29. The smallest absolute Gasteiger partial charge is 0.276 e. The van der Waals surface area contributed by atoms with Crippen LogP contribution in [0.5, 0.6) is 5.75 Å². The third-order valence-corrected chi connectivity index (χ3v) is 4.33. The minimum Gasteiger partial charge on any atom is -0.482 e. The molecule has 0 saturated carbocycles. The molecule has 3 rings (SSSR count). The van der Waals surface area contributed by atoms with Gasteiger partial charge in [0.05, 0.1) is 17.7 Å². The average molecular weight is 387 g/mol. The van der Waals surface area contributed by atoms with Crippen molar-refractivity contribution in [1.29, 1.82) is 0 Å². The molecule has 0 fully saturated rings. The first kappa shape index (κ1) is 18.8. The van der Waals surface area contributed by atoms with Crippen LogP contribution in [-0.2, 0) is 22.4 Å². The monoisotopic (exact) mass is 386 g/mol. The molecular formula is C20H19ClN2O4. The first-order valence-corrected chi connectivity index (χ1v) is 8.88. The van der Waals surface area contributed by atoms with E-state index in [-0.39, 0.29) is 18.9 Å². The lowest BCUT2D eigenvalue weighted by Gasteiger charge is -2.09. The quantitative estimate of drug-likeness (QED) is 0.636. The van der Waals surface area contributed by atoms with Gasteiger partial charge in [-0.1, -0.05) is 42.8 Å². The van der Waals surface area contributed by atoms with Crippen molar-refractivity contribution in [2.24, 2.45) is 0 Å². The van der Waals surface area contributed by atoms with Gasteiger partial charge in [0.1, 0.15) is 11.3 Å². The predicted molar refractivity (Wildman–Crippen MR) is 103 cm³/mol. The Labute approximate surface area is 161 Å². The lowest BCUT2D eigenvalue weighted by atomic mass is 10.1. The van der Waals surface area contributed by atoms with Crippen LogP contribution in [0.1, 0.15) is 18.1 Å². The molecule has 0 bridgehead atoms. The third kappa shape index (κ3) is 4.80. The second kappa shape index (κ2) is 8.60. The summed E-state index contributed by atoms with van der Waals surface area (Å²) in [6.07, 6.45) is 2.56. The molecule has 2 aromatic carbocycles. The number of aryl methyl sites for hydroxylation is 1. The highest BCUT2D eigenvalue weighted by Crippen LogP contribution is 2.23. The fraction of sp³-hybridized carbons (Fsp3) is 0.200. The summed E-state index contributed by atoms with van der Waals surface area (Å²) in [6.45, 7) is 1.80. The molecule has 2 N–H and O–H groups in total. The van der Waals surface area contributed by atoms with Crippen LogP contribution < -0.4 is 15.6 Å². The lowest BCUT2D eigenvalue weighted by molar-refractivity contribution is -0.129. The van der Waals surface area contributed by atoms with Gasteiger partial charge in [-0.3, -0.25) is 20.4 Å². The van der Waals surface area contributed by atoms with Gasteiger partial charge in [-0.25, -0.2) is 0 Å². The fourth-order valence-corrected chi connectivity index (χ4v) is 2.77. The summed E-state index contributed by atoms with van der Waals surface area (Å²) in [7, 11) is 0. The van der Waals surface area contributed by atoms with Crippen molar-refractivity contribution in [2.75, 3.05) is 6.61 Å². The number of carbonyl (C=O) groups excluding carboxylic acids is 2. The van der Waals surface area contributed by atoms with Gasteiger partial charge in [0.2, 0.25) is 5.91 Å². The SMILES string of the molecule is CCc1ccc2c(CC(=O)NNC(=O)COc3ccccc3Cl)coc2c1. The van der Waals surface area contributed by atoms with E-state index in [0.29, 0.717) is 10.8 Å². The van der Waals surface area contributed by atoms with Crippen molar-refractivity contribution in [3.8, 4) is 5.75 Å². The molecule has 1 aromatic heterocycles. The number of halogens is 1. The van der Waals surface area contributed by atoms with Gasteiger partial charge in [0, 0.05) is 10.9 Å². The second-order valence-corrected chi connectivity index (χ2v) is 6.34. The summed E-state index contributed by atoms with van der Waals surface area (Å²) in [5.74, 6) is -0.451. The molecule has 0 atom stereocenters. The highest BCUT2D eigenvalue weighted by molar-refractivity contribution is 6.32. The maximum Gasteiger partial charge on any atom is 0.276 e. The maximum absolute atomic E-state index is 12.1. The van der Waals surface area contributed by atoms with Gasteiger partial charge in [-0.15, -0.1) is 0 Å². The Bertz CT molecular complexity index is 968. The number of ether oxygens (including phenoxy) is 1. The Morgan fingerprint density at radius 2 is 1.89 bits per heavy atom. The Hall–Kier alpha value is -2.99. The maximum atomic E-state index is 12.1. The number of fused-ring (bicyclic) bond motifs is 1. The highest BCUT2D eigenvalue weighted by Gasteiger charge is 2.12. The van der Waals surface area contributed by atoms with Crippen LogP contribution in [0.25, 0.3) is 11.0 Å². The normalized spacial score (nSPS) is 10.6. The lowest BCUT2D eigenvalue weighted by Crippen LogP contribution is -2.44. The summed E-state index contributed by atoms with van der Waals surface area (Å²) >= 11 is 5.95. The molecule has 0 aliphatic carbocycles. The van der Waals surface area contributed by atoms with E-state index in [4.69, 9.17) is 20.8 Å². The molecule has 0 spiro atoms. The van der Waals surface area contributed by atoms with E-state index in [0.717, 1.165) is 23.0 Å². The van der Waals surface area contributed by atoms with Crippen LogP contribution in [0.15, 0.2) is 53.1 Å². The molecule has 0 aliphatic rings. The number of hydrazine groups is 1. The van der Waals surface area contributed by atoms with E-state index < -0.39 is 5.91 Å². The van der Waals surface area contributed by atoms with Crippen molar-refractivity contribution < 1.29 is 18.7 Å². The Kier molecular flexibility index (Phi) is 5.98. The van der Waals surface area contributed by atoms with Crippen molar-refractivity contribution >= 4 is 34.4 Å². The van der Waals surface area contributed by atoms with Crippen LogP contribution >= 0.6 is 11.6 Å². The largest absolute Gasteiger partial charge is 0.482 e. The predicted octanol–water partition coefficient (Wildman–Crippen LogP) is 3.42. The zero-order valence-corrected chi connectivity index (χ0v) is 15.5. The molecule has 27 heavy (non-hydrogen) atoms. The fourth-order valence-electron chi connectivity index (χ4n) is 2.58. The van der Waals surface area contributed by atoms with Crippen molar-refractivity contribution in [3.05, 3.63) is 64.9 Å². The molecule has 0 unspecified atom stereocenters. The molecule has 0 saturated heterocycles. The van der Waals surface area contributed by atoms with Gasteiger partial charge in [0.25, 0.3) is 5.91 Å². The Morgan fingerprint density at radius 1 is 1.11 bits per heavy atom. The number of rotatable bonds is 6. The number of nitrogens with one attached hydrogen (secondary N) is 2. The standard InChI is InChI=1S/C20H19ClN2O4/c1-2-13-7-8-15-14(11-26-18(15)9-13)10-19(24)22-23-20(25)12-27-17-6-4-3-5-16(17)21/h3-9,11H,2,10,12H2,1H3,(H,22,24)(H,23,25). The minimum absolute atomic E-state index is 0.0874. The summed E-state index contributed by atoms with van der Waals surface area (Å²) < 4.78 is 10.8. The number of carbonyl (C=O) groups is 2. The zero-order chi connectivity index (χ0) is 19.2. The molecular weight excluding hydrogens is 368 g/mol. The summed E-state index contributed by atoms with van der Waals surface area (Å²) in [5.41, 5.74) is 7.35. The number of hydrogen-bond donors (Lipinski definition) is 2. The molecule has 2 amide bonds. The molecule has 1 heterocycles. The van der Waals surface area contributed by atoms with Crippen LogP contribution in [0.2, 0.25) is 5.02 Å². The number of furan rings is 1. The molecule has 3 aromatic rings.